The maximum atomic E-state index is 5.36. The summed E-state index contributed by atoms with van der Waals surface area (Å²) < 4.78 is 0. The number of nitrogens with two attached hydrogens (primary N) is 1. The maximum absolute atomic E-state index is 5.36. The van der Waals surface area contributed by atoms with Crippen LogP contribution < -0.4 is 16.6 Å². The molecular formula is C14H14N6. The molecule has 0 atom stereocenters. The van der Waals surface area contributed by atoms with Gasteiger partial charge in [-0.2, -0.15) is 4.98 Å². The van der Waals surface area contributed by atoms with E-state index in [2.05, 4.69) is 25.7 Å². The summed E-state index contributed by atoms with van der Waals surface area (Å²) in [4.78, 5) is 12.6. The van der Waals surface area contributed by atoms with E-state index in [0.29, 0.717) is 11.8 Å². The number of aromatic nitrogens is 3. The summed E-state index contributed by atoms with van der Waals surface area (Å²) in [5, 5.41) is 5.43. The Hall–Kier alpha value is -2.73. The molecule has 1 aromatic carbocycles. The average Bonchev–Trinajstić information content (AvgIpc) is 2.47. The normalized spacial score (nSPS) is 10.5. The van der Waals surface area contributed by atoms with Gasteiger partial charge in [0.2, 0.25) is 5.95 Å². The molecule has 3 aromatic rings. The van der Waals surface area contributed by atoms with Crippen LogP contribution in [0.15, 0.2) is 42.7 Å². The van der Waals surface area contributed by atoms with E-state index in [9.17, 15) is 0 Å². The van der Waals surface area contributed by atoms with Crippen molar-refractivity contribution in [1.82, 2.24) is 15.0 Å². The van der Waals surface area contributed by atoms with Crippen LogP contribution in [0.2, 0.25) is 0 Å². The lowest BCUT2D eigenvalue weighted by molar-refractivity contribution is 1.07. The van der Waals surface area contributed by atoms with E-state index in [1.165, 1.54) is 0 Å². The molecule has 0 radical (unpaired) electrons. The smallest absolute Gasteiger partial charge is 0.239 e. The zero-order valence-corrected chi connectivity index (χ0v) is 11.0. The molecule has 0 aliphatic carbocycles. The summed E-state index contributed by atoms with van der Waals surface area (Å²) in [6.07, 6.45) is 3.60. The average molecular weight is 266 g/mol. The molecule has 6 heteroatoms. The quantitative estimate of drug-likeness (QED) is 0.498. The Kier molecular flexibility index (Phi) is 3.14. The van der Waals surface area contributed by atoms with Crippen LogP contribution in [-0.4, -0.2) is 15.0 Å². The van der Waals surface area contributed by atoms with Gasteiger partial charge in [0.05, 0.1) is 0 Å². The van der Waals surface area contributed by atoms with E-state index in [1.807, 2.05) is 43.5 Å². The summed E-state index contributed by atoms with van der Waals surface area (Å²) in [6, 6.07) is 9.84. The molecule has 0 saturated heterocycles. The lowest BCUT2D eigenvalue weighted by Crippen LogP contribution is -2.11. The van der Waals surface area contributed by atoms with Crippen LogP contribution in [0.1, 0.15) is 5.69 Å². The van der Waals surface area contributed by atoms with Gasteiger partial charge in [-0.1, -0.05) is 12.1 Å². The predicted molar refractivity (Wildman–Crippen MR) is 79.6 cm³/mol. The summed E-state index contributed by atoms with van der Waals surface area (Å²) in [7, 11) is 0. The minimum Gasteiger partial charge on any atom is -0.340 e. The van der Waals surface area contributed by atoms with Crippen molar-refractivity contribution in [2.75, 3.05) is 10.7 Å². The Labute approximate surface area is 116 Å². The Morgan fingerprint density at radius 2 is 2.05 bits per heavy atom. The van der Waals surface area contributed by atoms with Crippen molar-refractivity contribution in [2.24, 2.45) is 5.84 Å². The van der Waals surface area contributed by atoms with Crippen molar-refractivity contribution >= 4 is 28.2 Å². The van der Waals surface area contributed by atoms with E-state index in [-0.39, 0.29) is 0 Å². The highest BCUT2D eigenvalue weighted by molar-refractivity contribution is 5.94. The third-order valence-electron chi connectivity index (χ3n) is 2.93. The molecule has 6 nitrogen and oxygen atoms in total. The van der Waals surface area contributed by atoms with E-state index >= 15 is 0 Å². The maximum Gasteiger partial charge on any atom is 0.239 e. The van der Waals surface area contributed by atoms with Gasteiger partial charge >= 0.3 is 0 Å². The summed E-state index contributed by atoms with van der Waals surface area (Å²) in [5.41, 5.74) is 4.23. The van der Waals surface area contributed by atoms with Crippen molar-refractivity contribution in [3.05, 3.63) is 48.4 Å². The highest BCUT2D eigenvalue weighted by Gasteiger charge is 2.04. The second-order valence-corrected chi connectivity index (χ2v) is 4.39. The fourth-order valence-corrected chi connectivity index (χ4v) is 2.06. The molecule has 0 aliphatic heterocycles. The third-order valence-corrected chi connectivity index (χ3v) is 2.93. The van der Waals surface area contributed by atoms with Crippen LogP contribution in [0.25, 0.3) is 10.8 Å². The number of hydrogen-bond acceptors (Lipinski definition) is 6. The predicted octanol–water partition coefficient (Wildman–Crippen LogP) is 2.36. The highest BCUT2D eigenvalue weighted by Crippen LogP contribution is 2.25. The standard InChI is InChI=1S/C14H14N6/c1-9-7-13(19-14(17-9)20-15)18-12-4-2-3-10-5-6-16-8-11(10)12/h2-8H,15H2,1H3,(H2,17,18,19,20). The third kappa shape index (κ3) is 2.36. The molecule has 0 amide bonds. The number of nitrogen functional groups attached to an aromatic ring is 1. The van der Waals surface area contributed by atoms with E-state index in [4.69, 9.17) is 5.84 Å². The van der Waals surface area contributed by atoms with Crippen LogP contribution in [0.3, 0.4) is 0 Å². The number of benzene rings is 1. The van der Waals surface area contributed by atoms with Gasteiger partial charge in [-0.15, -0.1) is 0 Å². The molecule has 100 valence electrons. The molecule has 20 heavy (non-hydrogen) atoms. The molecule has 2 aromatic heterocycles. The van der Waals surface area contributed by atoms with Crippen LogP contribution in [-0.2, 0) is 0 Å². The van der Waals surface area contributed by atoms with E-state index in [0.717, 1.165) is 22.2 Å². The van der Waals surface area contributed by atoms with Gasteiger partial charge in [-0.3, -0.25) is 10.4 Å². The lowest BCUT2D eigenvalue weighted by Gasteiger charge is -2.10. The van der Waals surface area contributed by atoms with Crippen molar-refractivity contribution in [2.45, 2.75) is 6.92 Å². The number of nitrogens with one attached hydrogen (secondary N) is 2. The van der Waals surface area contributed by atoms with Gasteiger partial charge < -0.3 is 5.32 Å². The molecule has 2 heterocycles. The zero-order chi connectivity index (χ0) is 13.9. The van der Waals surface area contributed by atoms with Gasteiger partial charge in [-0.05, 0) is 24.4 Å². The topological polar surface area (TPSA) is 88.8 Å². The van der Waals surface area contributed by atoms with E-state index in [1.54, 1.807) is 6.20 Å². The molecule has 0 fully saturated rings. The largest absolute Gasteiger partial charge is 0.340 e. The highest BCUT2D eigenvalue weighted by atomic mass is 15.3. The Morgan fingerprint density at radius 1 is 1.15 bits per heavy atom. The van der Waals surface area contributed by atoms with Crippen molar-refractivity contribution in [3.8, 4) is 0 Å². The lowest BCUT2D eigenvalue weighted by atomic mass is 10.1. The molecule has 0 spiro atoms. The Bertz CT molecular complexity index is 750. The Balaban J connectivity index is 2.03. The van der Waals surface area contributed by atoms with E-state index < -0.39 is 0 Å². The summed E-state index contributed by atoms with van der Waals surface area (Å²) >= 11 is 0. The number of nitrogens with zero attached hydrogens (tertiary/aromatic N) is 3. The van der Waals surface area contributed by atoms with Crippen LogP contribution >= 0.6 is 0 Å². The number of anilines is 3. The monoisotopic (exact) mass is 266 g/mol. The first-order valence-electron chi connectivity index (χ1n) is 6.18. The van der Waals surface area contributed by atoms with Gasteiger partial charge in [0.15, 0.2) is 0 Å². The van der Waals surface area contributed by atoms with Crippen molar-refractivity contribution in [1.29, 1.82) is 0 Å². The number of aryl methyl sites for hydroxylation is 1. The fourth-order valence-electron chi connectivity index (χ4n) is 2.06. The molecular weight excluding hydrogens is 252 g/mol. The molecule has 0 saturated carbocycles. The first-order chi connectivity index (χ1) is 9.76. The number of rotatable bonds is 3. The second-order valence-electron chi connectivity index (χ2n) is 4.39. The zero-order valence-electron chi connectivity index (χ0n) is 11.0. The first kappa shape index (κ1) is 12.3. The number of pyridine rings is 1. The summed E-state index contributed by atoms with van der Waals surface area (Å²) in [5.74, 6) is 6.42. The molecule has 0 unspecified atom stereocenters. The van der Waals surface area contributed by atoms with Gasteiger partial charge in [-0.25, -0.2) is 10.8 Å². The molecule has 4 N–H and O–H groups in total. The molecule has 0 aliphatic rings. The van der Waals surface area contributed by atoms with Gasteiger partial charge in [0.1, 0.15) is 5.82 Å². The first-order valence-corrected chi connectivity index (χ1v) is 6.18. The van der Waals surface area contributed by atoms with Gasteiger partial charge in [0, 0.05) is 35.2 Å². The number of hydrogen-bond donors (Lipinski definition) is 3. The minimum absolute atomic E-state index is 0.380. The van der Waals surface area contributed by atoms with Crippen LogP contribution in [0, 0.1) is 6.92 Å². The number of hydrazine groups is 1. The van der Waals surface area contributed by atoms with Gasteiger partial charge in [0.25, 0.3) is 0 Å². The second kappa shape index (κ2) is 5.10. The Morgan fingerprint density at radius 3 is 2.90 bits per heavy atom. The number of fused-ring (bicyclic) bond motifs is 1. The SMILES string of the molecule is Cc1cc(Nc2cccc3ccncc23)nc(NN)n1. The van der Waals surface area contributed by atoms with Crippen LogP contribution in [0.4, 0.5) is 17.5 Å². The summed E-state index contributed by atoms with van der Waals surface area (Å²) in [6.45, 7) is 1.89. The minimum atomic E-state index is 0.380. The molecule has 3 rings (SSSR count). The van der Waals surface area contributed by atoms with Crippen LogP contribution in [0.5, 0.6) is 0 Å². The fraction of sp³-hybridized carbons (Fsp3) is 0.0714. The van der Waals surface area contributed by atoms with Crippen molar-refractivity contribution in [3.63, 3.8) is 0 Å². The van der Waals surface area contributed by atoms with Crippen molar-refractivity contribution < 1.29 is 0 Å². The molecule has 0 bridgehead atoms.